The number of carbonyl (C=O) groups is 1. The minimum absolute atomic E-state index is 0.142. The first-order valence-electron chi connectivity index (χ1n) is 7.92. The van der Waals surface area contributed by atoms with Crippen molar-refractivity contribution in [2.45, 2.75) is 19.5 Å². The van der Waals surface area contributed by atoms with Gasteiger partial charge in [-0.05, 0) is 24.4 Å². The summed E-state index contributed by atoms with van der Waals surface area (Å²) in [6.07, 6.45) is 2.63. The molecule has 1 aliphatic rings. The molecule has 1 aliphatic heterocycles. The Bertz CT molecular complexity index is 473. The number of hydrogen-bond donors (Lipinski definition) is 1. The van der Waals surface area contributed by atoms with Crippen molar-refractivity contribution in [3.8, 4) is 0 Å². The summed E-state index contributed by atoms with van der Waals surface area (Å²) in [7, 11) is 2.18. The Morgan fingerprint density at radius 3 is 2.55 bits per heavy atom. The molecule has 122 valence electrons. The van der Waals surface area contributed by atoms with Gasteiger partial charge in [-0.3, -0.25) is 9.69 Å². The van der Waals surface area contributed by atoms with Crippen LogP contribution in [-0.4, -0.2) is 60.9 Å². The number of piperazine rings is 1. The predicted octanol–water partition coefficient (Wildman–Crippen LogP) is 1.80. The van der Waals surface area contributed by atoms with Crippen molar-refractivity contribution in [3.63, 3.8) is 0 Å². The molecule has 0 aromatic heterocycles. The molecule has 0 radical (unpaired) electrons. The molecule has 1 aromatic carbocycles. The van der Waals surface area contributed by atoms with Crippen molar-refractivity contribution in [2.75, 3.05) is 45.2 Å². The summed E-state index contributed by atoms with van der Waals surface area (Å²) in [5.41, 5.74) is 2.57. The number of nitrogens with zero attached hydrogens (tertiary/aromatic N) is 2. The van der Waals surface area contributed by atoms with E-state index in [0.29, 0.717) is 13.0 Å². The van der Waals surface area contributed by atoms with Crippen LogP contribution < -0.4 is 5.32 Å². The molecule has 22 heavy (non-hydrogen) atoms. The third-order valence-electron chi connectivity index (χ3n) is 4.12. The van der Waals surface area contributed by atoms with Gasteiger partial charge in [0.2, 0.25) is 5.91 Å². The molecule has 2 rings (SSSR count). The standard InChI is InChI=1S/C17H27N3OS/c1-19-8-10-20(11-9-19)14-16-6-4-3-5-15(16)13-18-17(21)7-12-22-2/h3-6H,7-14H2,1-2H3,(H,18,21). The highest BCUT2D eigenvalue weighted by Crippen LogP contribution is 2.13. The van der Waals surface area contributed by atoms with Crippen LogP contribution in [0.15, 0.2) is 24.3 Å². The maximum atomic E-state index is 11.8. The van der Waals surface area contributed by atoms with Gasteiger partial charge in [-0.25, -0.2) is 0 Å². The molecular formula is C17H27N3OS. The number of likely N-dealkylation sites (N-methyl/N-ethyl adjacent to an activating group) is 1. The van der Waals surface area contributed by atoms with Crippen LogP contribution in [0.25, 0.3) is 0 Å². The average Bonchev–Trinajstić information content (AvgIpc) is 2.54. The molecule has 0 atom stereocenters. The van der Waals surface area contributed by atoms with Gasteiger partial charge in [0, 0.05) is 51.4 Å². The van der Waals surface area contributed by atoms with E-state index in [1.165, 1.54) is 11.1 Å². The molecule has 0 aliphatic carbocycles. The number of amides is 1. The van der Waals surface area contributed by atoms with Gasteiger partial charge in [0.1, 0.15) is 0 Å². The van der Waals surface area contributed by atoms with E-state index in [-0.39, 0.29) is 5.91 Å². The molecular weight excluding hydrogens is 294 g/mol. The summed E-state index contributed by atoms with van der Waals surface area (Å²) in [4.78, 5) is 16.6. The third kappa shape index (κ3) is 5.63. The van der Waals surface area contributed by atoms with Gasteiger partial charge in [-0.15, -0.1) is 0 Å². The van der Waals surface area contributed by atoms with Crippen LogP contribution in [0.3, 0.4) is 0 Å². The number of rotatable bonds is 7. The summed E-state index contributed by atoms with van der Waals surface area (Å²) in [6.45, 7) is 6.11. The Labute approximate surface area is 138 Å². The molecule has 0 spiro atoms. The summed E-state index contributed by atoms with van der Waals surface area (Å²) in [6, 6.07) is 8.45. The molecule has 5 heteroatoms. The highest BCUT2D eigenvalue weighted by Gasteiger charge is 2.15. The molecule has 1 aromatic rings. The van der Waals surface area contributed by atoms with E-state index in [2.05, 4.69) is 46.4 Å². The Morgan fingerprint density at radius 2 is 1.86 bits per heavy atom. The zero-order chi connectivity index (χ0) is 15.8. The number of nitrogens with one attached hydrogen (secondary N) is 1. The Kier molecular flexibility index (Phi) is 7.22. The Morgan fingerprint density at radius 1 is 1.18 bits per heavy atom. The molecule has 1 amide bonds. The van der Waals surface area contributed by atoms with Crippen LogP contribution in [0.2, 0.25) is 0 Å². The highest BCUT2D eigenvalue weighted by molar-refractivity contribution is 7.98. The maximum Gasteiger partial charge on any atom is 0.221 e. The van der Waals surface area contributed by atoms with Gasteiger partial charge in [0.15, 0.2) is 0 Å². The highest BCUT2D eigenvalue weighted by atomic mass is 32.2. The van der Waals surface area contributed by atoms with Crippen LogP contribution in [0.4, 0.5) is 0 Å². The van der Waals surface area contributed by atoms with Gasteiger partial charge >= 0.3 is 0 Å². The van der Waals surface area contributed by atoms with Crippen LogP contribution >= 0.6 is 11.8 Å². The van der Waals surface area contributed by atoms with Crippen molar-refractivity contribution < 1.29 is 4.79 Å². The van der Waals surface area contributed by atoms with Crippen LogP contribution in [-0.2, 0) is 17.9 Å². The molecule has 4 nitrogen and oxygen atoms in total. The fourth-order valence-corrected chi connectivity index (χ4v) is 3.00. The topological polar surface area (TPSA) is 35.6 Å². The third-order valence-corrected chi connectivity index (χ3v) is 4.73. The van der Waals surface area contributed by atoms with Gasteiger partial charge in [-0.2, -0.15) is 11.8 Å². The second kappa shape index (κ2) is 9.18. The normalized spacial score (nSPS) is 16.6. The fraction of sp³-hybridized carbons (Fsp3) is 0.588. The van der Waals surface area contributed by atoms with Crippen molar-refractivity contribution >= 4 is 17.7 Å². The maximum absolute atomic E-state index is 11.8. The fourth-order valence-electron chi connectivity index (χ4n) is 2.61. The molecule has 0 unspecified atom stereocenters. The van der Waals surface area contributed by atoms with Crippen molar-refractivity contribution in [2.24, 2.45) is 0 Å². The number of thioether (sulfide) groups is 1. The number of benzene rings is 1. The van der Waals surface area contributed by atoms with E-state index in [4.69, 9.17) is 0 Å². The lowest BCUT2D eigenvalue weighted by molar-refractivity contribution is -0.120. The van der Waals surface area contributed by atoms with Crippen LogP contribution in [0, 0.1) is 0 Å². The van der Waals surface area contributed by atoms with E-state index in [1.54, 1.807) is 11.8 Å². The van der Waals surface area contributed by atoms with Gasteiger partial charge < -0.3 is 10.2 Å². The van der Waals surface area contributed by atoms with E-state index in [1.807, 2.05) is 6.26 Å². The van der Waals surface area contributed by atoms with E-state index in [9.17, 15) is 4.79 Å². The lowest BCUT2D eigenvalue weighted by atomic mass is 10.1. The smallest absolute Gasteiger partial charge is 0.221 e. The predicted molar refractivity (Wildman–Crippen MR) is 94.1 cm³/mol. The van der Waals surface area contributed by atoms with Crippen LogP contribution in [0.1, 0.15) is 17.5 Å². The molecule has 0 bridgehead atoms. The molecule has 1 fully saturated rings. The van der Waals surface area contributed by atoms with E-state index >= 15 is 0 Å². The monoisotopic (exact) mass is 321 g/mol. The summed E-state index contributed by atoms with van der Waals surface area (Å²) in [5.74, 6) is 1.03. The van der Waals surface area contributed by atoms with Crippen molar-refractivity contribution in [1.29, 1.82) is 0 Å². The zero-order valence-corrected chi connectivity index (χ0v) is 14.5. The summed E-state index contributed by atoms with van der Waals surface area (Å²) in [5, 5.41) is 3.04. The Balaban J connectivity index is 1.88. The molecule has 1 heterocycles. The second-order valence-corrected chi connectivity index (χ2v) is 6.85. The summed E-state index contributed by atoms with van der Waals surface area (Å²) >= 11 is 1.71. The minimum atomic E-state index is 0.142. The van der Waals surface area contributed by atoms with Gasteiger partial charge in [0.05, 0.1) is 0 Å². The molecule has 0 saturated carbocycles. The van der Waals surface area contributed by atoms with E-state index < -0.39 is 0 Å². The Hall–Kier alpha value is -1.04. The number of carbonyl (C=O) groups excluding carboxylic acids is 1. The first-order valence-corrected chi connectivity index (χ1v) is 9.31. The lowest BCUT2D eigenvalue weighted by Gasteiger charge is -2.32. The molecule has 1 saturated heterocycles. The quantitative estimate of drug-likeness (QED) is 0.831. The van der Waals surface area contributed by atoms with Gasteiger partial charge in [0.25, 0.3) is 0 Å². The van der Waals surface area contributed by atoms with Gasteiger partial charge in [-0.1, -0.05) is 24.3 Å². The number of hydrogen-bond acceptors (Lipinski definition) is 4. The summed E-state index contributed by atoms with van der Waals surface area (Å²) < 4.78 is 0. The second-order valence-electron chi connectivity index (χ2n) is 5.87. The first-order chi connectivity index (χ1) is 10.7. The first kappa shape index (κ1) is 17.3. The SMILES string of the molecule is CSCCC(=O)NCc1ccccc1CN1CCN(C)CC1. The largest absolute Gasteiger partial charge is 0.352 e. The van der Waals surface area contributed by atoms with Crippen molar-refractivity contribution in [1.82, 2.24) is 15.1 Å². The molecule has 1 N–H and O–H groups in total. The van der Waals surface area contributed by atoms with E-state index in [0.717, 1.165) is 38.5 Å². The van der Waals surface area contributed by atoms with Crippen molar-refractivity contribution in [3.05, 3.63) is 35.4 Å². The zero-order valence-electron chi connectivity index (χ0n) is 13.7. The average molecular weight is 321 g/mol. The van der Waals surface area contributed by atoms with Crippen LogP contribution in [0.5, 0.6) is 0 Å². The minimum Gasteiger partial charge on any atom is -0.352 e. The lowest BCUT2D eigenvalue weighted by Crippen LogP contribution is -2.44.